The zero-order chi connectivity index (χ0) is 17.5. The number of anilines is 1. The van der Waals surface area contributed by atoms with Crippen molar-refractivity contribution < 1.29 is 9.21 Å². The van der Waals surface area contributed by atoms with Crippen molar-refractivity contribution in [3.63, 3.8) is 0 Å². The second-order valence-electron chi connectivity index (χ2n) is 5.50. The molecule has 6 heteroatoms. The fourth-order valence-corrected chi connectivity index (χ4v) is 2.84. The lowest BCUT2D eigenvalue weighted by Gasteiger charge is -2.05. The number of nitrogens with one attached hydrogen (secondary N) is 1. The van der Waals surface area contributed by atoms with Crippen molar-refractivity contribution in [3.05, 3.63) is 60.5 Å². The van der Waals surface area contributed by atoms with E-state index in [2.05, 4.69) is 15.5 Å². The predicted molar refractivity (Wildman–Crippen MR) is 99.5 cm³/mol. The summed E-state index contributed by atoms with van der Waals surface area (Å²) in [6.07, 6.45) is 3.66. The van der Waals surface area contributed by atoms with Crippen molar-refractivity contribution in [2.75, 3.05) is 11.6 Å². The highest BCUT2D eigenvalue weighted by Gasteiger charge is 2.09. The van der Waals surface area contributed by atoms with Crippen LogP contribution in [0.15, 0.2) is 63.9 Å². The molecular formula is C19H19N3O2S. The standard InChI is InChI=1S/C19H19N3O2S/c1-25-16-10-5-9-15(13-16)20-17(23)11-6-12-18-21-22-19(24-18)14-7-3-2-4-8-14/h2-5,7-10,13H,6,11-12H2,1H3,(H,20,23). The second-order valence-corrected chi connectivity index (χ2v) is 6.38. The van der Waals surface area contributed by atoms with Gasteiger partial charge in [-0.3, -0.25) is 4.79 Å². The third-order valence-electron chi connectivity index (χ3n) is 3.64. The fraction of sp³-hybridized carbons (Fsp3) is 0.211. The fourth-order valence-electron chi connectivity index (χ4n) is 2.38. The number of benzene rings is 2. The van der Waals surface area contributed by atoms with Gasteiger partial charge in [-0.2, -0.15) is 0 Å². The molecule has 1 aromatic heterocycles. The lowest BCUT2D eigenvalue weighted by atomic mass is 10.2. The zero-order valence-electron chi connectivity index (χ0n) is 13.9. The predicted octanol–water partition coefficient (Wildman–Crippen LogP) is 4.42. The van der Waals surface area contributed by atoms with E-state index in [-0.39, 0.29) is 5.91 Å². The third kappa shape index (κ3) is 4.93. The van der Waals surface area contributed by atoms with E-state index in [9.17, 15) is 4.79 Å². The van der Waals surface area contributed by atoms with Crippen LogP contribution in [-0.2, 0) is 11.2 Å². The molecule has 0 aliphatic heterocycles. The van der Waals surface area contributed by atoms with Gasteiger partial charge in [-0.15, -0.1) is 22.0 Å². The number of amides is 1. The van der Waals surface area contributed by atoms with Gasteiger partial charge >= 0.3 is 0 Å². The topological polar surface area (TPSA) is 68.0 Å². The van der Waals surface area contributed by atoms with E-state index in [0.29, 0.717) is 31.0 Å². The van der Waals surface area contributed by atoms with Gasteiger partial charge in [0.25, 0.3) is 0 Å². The molecule has 3 rings (SSSR count). The van der Waals surface area contributed by atoms with Crippen LogP contribution < -0.4 is 5.32 Å². The van der Waals surface area contributed by atoms with Gasteiger partial charge in [0, 0.05) is 29.0 Å². The molecule has 25 heavy (non-hydrogen) atoms. The Hall–Kier alpha value is -2.60. The molecule has 0 aliphatic rings. The van der Waals surface area contributed by atoms with Gasteiger partial charge < -0.3 is 9.73 Å². The van der Waals surface area contributed by atoms with Crippen LogP contribution in [-0.4, -0.2) is 22.4 Å². The first kappa shape index (κ1) is 17.2. The minimum absolute atomic E-state index is 0.0129. The summed E-state index contributed by atoms with van der Waals surface area (Å²) in [4.78, 5) is 13.2. The maximum atomic E-state index is 12.0. The Morgan fingerprint density at radius 2 is 1.96 bits per heavy atom. The van der Waals surface area contributed by atoms with Gasteiger partial charge in [0.1, 0.15) is 0 Å². The molecule has 2 aromatic carbocycles. The van der Waals surface area contributed by atoms with Crippen molar-refractivity contribution in [2.24, 2.45) is 0 Å². The van der Waals surface area contributed by atoms with E-state index in [0.717, 1.165) is 16.1 Å². The maximum absolute atomic E-state index is 12.0. The van der Waals surface area contributed by atoms with Gasteiger partial charge in [0.2, 0.25) is 17.7 Å². The number of aromatic nitrogens is 2. The van der Waals surface area contributed by atoms with Gasteiger partial charge in [0.15, 0.2) is 0 Å². The summed E-state index contributed by atoms with van der Waals surface area (Å²) in [5.41, 5.74) is 1.72. The minimum atomic E-state index is -0.0129. The van der Waals surface area contributed by atoms with Crippen LogP contribution in [0.3, 0.4) is 0 Å². The minimum Gasteiger partial charge on any atom is -0.421 e. The summed E-state index contributed by atoms with van der Waals surface area (Å²) in [6.45, 7) is 0. The van der Waals surface area contributed by atoms with Crippen molar-refractivity contribution in [3.8, 4) is 11.5 Å². The van der Waals surface area contributed by atoms with Crippen molar-refractivity contribution in [1.82, 2.24) is 10.2 Å². The summed E-state index contributed by atoms with van der Waals surface area (Å²) in [6, 6.07) is 17.4. The number of hydrogen-bond acceptors (Lipinski definition) is 5. The molecule has 1 N–H and O–H groups in total. The Balaban J connectivity index is 1.48. The average molecular weight is 353 g/mol. The summed E-state index contributed by atoms with van der Waals surface area (Å²) in [7, 11) is 0. The Labute approximate surface area is 150 Å². The van der Waals surface area contributed by atoms with E-state index in [1.54, 1.807) is 11.8 Å². The van der Waals surface area contributed by atoms with Crippen LogP contribution in [0, 0.1) is 0 Å². The monoisotopic (exact) mass is 353 g/mol. The summed E-state index contributed by atoms with van der Waals surface area (Å²) in [5.74, 6) is 1.05. The lowest BCUT2D eigenvalue weighted by Crippen LogP contribution is -2.11. The molecule has 0 bridgehead atoms. The summed E-state index contributed by atoms with van der Waals surface area (Å²) in [5, 5.41) is 11.0. The lowest BCUT2D eigenvalue weighted by molar-refractivity contribution is -0.116. The summed E-state index contributed by atoms with van der Waals surface area (Å²) >= 11 is 1.65. The van der Waals surface area contributed by atoms with Crippen LogP contribution in [0.2, 0.25) is 0 Å². The van der Waals surface area contributed by atoms with E-state index in [1.807, 2.05) is 60.9 Å². The molecule has 1 amide bonds. The first-order valence-corrected chi connectivity index (χ1v) is 9.29. The van der Waals surface area contributed by atoms with Gasteiger partial charge in [-0.25, -0.2) is 0 Å². The van der Waals surface area contributed by atoms with E-state index in [4.69, 9.17) is 4.42 Å². The maximum Gasteiger partial charge on any atom is 0.247 e. The molecule has 5 nitrogen and oxygen atoms in total. The third-order valence-corrected chi connectivity index (χ3v) is 4.36. The number of aryl methyl sites for hydroxylation is 1. The Kier molecular flexibility index (Phi) is 5.85. The number of nitrogens with zero attached hydrogens (tertiary/aromatic N) is 2. The Morgan fingerprint density at radius 1 is 1.12 bits per heavy atom. The van der Waals surface area contributed by atoms with Crippen LogP contribution >= 0.6 is 11.8 Å². The van der Waals surface area contributed by atoms with Crippen LogP contribution in [0.4, 0.5) is 5.69 Å². The Morgan fingerprint density at radius 3 is 2.76 bits per heavy atom. The largest absolute Gasteiger partial charge is 0.421 e. The average Bonchev–Trinajstić information content (AvgIpc) is 3.11. The summed E-state index contributed by atoms with van der Waals surface area (Å²) < 4.78 is 5.64. The molecule has 0 saturated heterocycles. The molecule has 0 unspecified atom stereocenters. The highest BCUT2D eigenvalue weighted by atomic mass is 32.2. The van der Waals surface area contributed by atoms with Crippen molar-refractivity contribution >= 4 is 23.4 Å². The Bertz CT molecular complexity index is 833. The first-order chi connectivity index (χ1) is 12.2. The molecule has 3 aromatic rings. The zero-order valence-corrected chi connectivity index (χ0v) is 14.8. The van der Waals surface area contributed by atoms with Crippen LogP contribution in [0.25, 0.3) is 11.5 Å². The SMILES string of the molecule is CSc1cccc(NC(=O)CCCc2nnc(-c3ccccc3)o2)c1. The number of carbonyl (C=O) groups is 1. The van der Waals surface area contributed by atoms with Gasteiger partial charge in [-0.05, 0) is 43.0 Å². The van der Waals surface area contributed by atoms with E-state index in [1.165, 1.54) is 0 Å². The first-order valence-electron chi connectivity index (χ1n) is 8.06. The smallest absolute Gasteiger partial charge is 0.247 e. The van der Waals surface area contributed by atoms with Crippen molar-refractivity contribution in [2.45, 2.75) is 24.2 Å². The molecule has 1 heterocycles. The molecule has 0 atom stereocenters. The number of thioether (sulfide) groups is 1. The van der Waals surface area contributed by atoms with E-state index >= 15 is 0 Å². The normalized spacial score (nSPS) is 10.6. The van der Waals surface area contributed by atoms with Crippen LogP contribution in [0.5, 0.6) is 0 Å². The molecule has 0 radical (unpaired) electrons. The molecule has 128 valence electrons. The molecule has 0 aliphatic carbocycles. The van der Waals surface area contributed by atoms with Gasteiger partial charge in [-0.1, -0.05) is 24.3 Å². The van der Waals surface area contributed by atoms with Crippen LogP contribution in [0.1, 0.15) is 18.7 Å². The molecule has 0 fully saturated rings. The van der Waals surface area contributed by atoms with Gasteiger partial charge in [0.05, 0.1) is 0 Å². The van der Waals surface area contributed by atoms with E-state index < -0.39 is 0 Å². The molecule has 0 spiro atoms. The highest BCUT2D eigenvalue weighted by Crippen LogP contribution is 2.20. The molecule has 0 saturated carbocycles. The van der Waals surface area contributed by atoms with Crippen molar-refractivity contribution in [1.29, 1.82) is 0 Å². The highest BCUT2D eigenvalue weighted by molar-refractivity contribution is 7.98. The number of rotatable bonds is 7. The number of carbonyl (C=O) groups excluding carboxylic acids is 1. The second kappa shape index (κ2) is 8.48. The quantitative estimate of drug-likeness (QED) is 0.637. The molecular weight excluding hydrogens is 334 g/mol. The number of hydrogen-bond donors (Lipinski definition) is 1.